The van der Waals surface area contributed by atoms with Crippen LogP contribution in [-0.2, 0) is 25.7 Å². The molecule has 0 spiro atoms. The van der Waals surface area contributed by atoms with Crippen LogP contribution in [0.25, 0.3) is 0 Å². The number of carbonyl (C=O) groups is 3. The van der Waals surface area contributed by atoms with Crippen molar-refractivity contribution in [2.45, 2.75) is 64.1 Å². The summed E-state index contributed by atoms with van der Waals surface area (Å²) in [6.45, 7) is 2.07. The minimum absolute atomic E-state index is 0.122. The Labute approximate surface area is 226 Å². The van der Waals surface area contributed by atoms with Crippen molar-refractivity contribution >= 4 is 41.0 Å². The zero-order chi connectivity index (χ0) is 26.5. The van der Waals surface area contributed by atoms with E-state index < -0.39 is 24.0 Å². The van der Waals surface area contributed by atoms with Crippen LogP contribution in [0.3, 0.4) is 0 Å². The molecular formula is C28H31Cl2FN2O4. The summed E-state index contributed by atoms with van der Waals surface area (Å²) in [5.41, 5.74) is 1.35. The first kappa shape index (κ1) is 27.4. The van der Waals surface area contributed by atoms with Crippen LogP contribution in [0.2, 0.25) is 10.0 Å². The summed E-state index contributed by atoms with van der Waals surface area (Å²) in [6, 6.07) is 9.27. The number of benzene rings is 2. The van der Waals surface area contributed by atoms with E-state index in [1.165, 1.54) is 12.1 Å². The Bertz CT molecular complexity index is 1140. The van der Waals surface area contributed by atoms with Crippen LogP contribution in [0.5, 0.6) is 0 Å². The topological polar surface area (TPSA) is 75.7 Å². The van der Waals surface area contributed by atoms with Crippen LogP contribution in [0, 0.1) is 17.7 Å². The average molecular weight is 549 g/mol. The number of rotatable bonds is 7. The quantitative estimate of drug-likeness (QED) is 0.440. The smallest absolute Gasteiger partial charge is 0.311 e. The number of hydrogen-bond donors (Lipinski definition) is 1. The molecule has 1 aliphatic heterocycles. The fraction of sp³-hybridized carbons (Fsp3) is 0.464. The number of ether oxygens (including phenoxy) is 1. The molecule has 4 rings (SSSR count). The highest BCUT2D eigenvalue weighted by atomic mass is 35.5. The molecule has 0 bridgehead atoms. The van der Waals surface area contributed by atoms with Gasteiger partial charge in [0.2, 0.25) is 11.8 Å². The van der Waals surface area contributed by atoms with Crippen molar-refractivity contribution in [2.24, 2.45) is 11.8 Å². The number of carbonyl (C=O) groups excluding carboxylic acids is 3. The average Bonchev–Trinajstić information content (AvgIpc) is 3.31. The molecule has 2 amide bonds. The van der Waals surface area contributed by atoms with E-state index in [0.717, 1.165) is 37.7 Å². The molecule has 198 valence electrons. The Morgan fingerprint density at radius 2 is 1.73 bits per heavy atom. The third-order valence-electron chi connectivity index (χ3n) is 7.26. The number of hydrogen-bond acceptors (Lipinski definition) is 4. The molecule has 2 aromatic carbocycles. The second kappa shape index (κ2) is 12.3. The van der Waals surface area contributed by atoms with Crippen LogP contribution in [-0.4, -0.2) is 35.3 Å². The minimum atomic E-state index is -0.872. The molecule has 0 radical (unpaired) electrons. The molecule has 0 aromatic heterocycles. The SMILES string of the molecule is CCOC(=O)C1CC(C(=O)NCc2ccc(F)cc2)N(C(=O)C2CCCCC2)C1c1ccc(Cl)c(Cl)c1. The van der Waals surface area contributed by atoms with Gasteiger partial charge in [0.15, 0.2) is 0 Å². The van der Waals surface area contributed by atoms with E-state index >= 15 is 0 Å². The van der Waals surface area contributed by atoms with Crippen LogP contribution in [0.15, 0.2) is 42.5 Å². The third-order valence-corrected chi connectivity index (χ3v) is 8.00. The van der Waals surface area contributed by atoms with Crippen LogP contribution >= 0.6 is 23.2 Å². The van der Waals surface area contributed by atoms with Crippen molar-refractivity contribution in [3.8, 4) is 0 Å². The van der Waals surface area contributed by atoms with Gasteiger partial charge in [-0.25, -0.2) is 4.39 Å². The maximum atomic E-state index is 14.0. The fourth-order valence-electron chi connectivity index (χ4n) is 5.43. The van der Waals surface area contributed by atoms with Gasteiger partial charge in [-0.3, -0.25) is 14.4 Å². The van der Waals surface area contributed by atoms with Gasteiger partial charge in [-0.05, 0) is 61.6 Å². The Morgan fingerprint density at radius 3 is 2.38 bits per heavy atom. The number of amides is 2. The zero-order valence-corrected chi connectivity index (χ0v) is 22.2. The zero-order valence-electron chi connectivity index (χ0n) is 20.7. The number of esters is 1. The number of halogens is 3. The third kappa shape index (κ3) is 6.27. The van der Waals surface area contributed by atoms with Gasteiger partial charge in [-0.2, -0.15) is 0 Å². The van der Waals surface area contributed by atoms with Crippen molar-refractivity contribution in [3.05, 3.63) is 69.5 Å². The van der Waals surface area contributed by atoms with Gasteiger partial charge in [-0.15, -0.1) is 0 Å². The van der Waals surface area contributed by atoms with E-state index in [1.807, 2.05) is 0 Å². The van der Waals surface area contributed by atoms with Crippen LogP contribution in [0.1, 0.15) is 62.6 Å². The molecule has 9 heteroatoms. The molecule has 3 unspecified atom stereocenters. The largest absolute Gasteiger partial charge is 0.466 e. The highest BCUT2D eigenvalue weighted by molar-refractivity contribution is 6.42. The Hall–Kier alpha value is -2.64. The van der Waals surface area contributed by atoms with E-state index in [0.29, 0.717) is 15.6 Å². The highest BCUT2D eigenvalue weighted by Gasteiger charge is 2.52. The normalized spacial score (nSPS) is 22.1. The van der Waals surface area contributed by atoms with Gasteiger partial charge >= 0.3 is 5.97 Å². The lowest BCUT2D eigenvalue weighted by molar-refractivity contribution is -0.150. The molecular weight excluding hydrogens is 518 g/mol. The van der Waals surface area contributed by atoms with E-state index in [9.17, 15) is 18.8 Å². The molecule has 1 N–H and O–H groups in total. The first-order valence-corrected chi connectivity index (χ1v) is 13.5. The molecule has 1 heterocycles. The maximum absolute atomic E-state index is 14.0. The summed E-state index contributed by atoms with van der Waals surface area (Å²) in [6.07, 6.45) is 4.59. The summed E-state index contributed by atoms with van der Waals surface area (Å²) in [5.74, 6) is -2.29. The van der Waals surface area contributed by atoms with Crippen LogP contribution < -0.4 is 5.32 Å². The summed E-state index contributed by atoms with van der Waals surface area (Å²) < 4.78 is 18.7. The Morgan fingerprint density at radius 1 is 1.03 bits per heavy atom. The number of nitrogens with one attached hydrogen (secondary N) is 1. The second-order valence-corrected chi connectivity index (χ2v) is 10.5. The molecule has 3 atom stereocenters. The van der Waals surface area contributed by atoms with Gasteiger partial charge in [0.25, 0.3) is 0 Å². The molecule has 37 heavy (non-hydrogen) atoms. The predicted octanol–water partition coefficient (Wildman–Crippen LogP) is 5.85. The monoisotopic (exact) mass is 548 g/mol. The Balaban J connectivity index is 1.69. The lowest BCUT2D eigenvalue weighted by Crippen LogP contribution is -2.49. The molecule has 1 saturated heterocycles. The lowest BCUT2D eigenvalue weighted by atomic mass is 9.87. The van der Waals surface area contributed by atoms with E-state index in [-0.39, 0.29) is 43.1 Å². The van der Waals surface area contributed by atoms with Crippen molar-refractivity contribution in [1.29, 1.82) is 0 Å². The predicted molar refractivity (Wildman–Crippen MR) is 139 cm³/mol. The molecule has 2 fully saturated rings. The van der Waals surface area contributed by atoms with Crippen molar-refractivity contribution < 1.29 is 23.5 Å². The van der Waals surface area contributed by atoms with Gasteiger partial charge in [0.1, 0.15) is 11.9 Å². The minimum Gasteiger partial charge on any atom is -0.466 e. The van der Waals surface area contributed by atoms with Gasteiger partial charge in [0.05, 0.1) is 28.6 Å². The molecule has 1 saturated carbocycles. The van der Waals surface area contributed by atoms with E-state index in [1.54, 1.807) is 42.2 Å². The summed E-state index contributed by atoms with van der Waals surface area (Å²) in [5, 5.41) is 3.54. The maximum Gasteiger partial charge on any atom is 0.311 e. The molecule has 1 aliphatic carbocycles. The van der Waals surface area contributed by atoms with Crippen LogP contribution in [0.4, 0.5) is 4.39 Å². The Kier molecular flexibility index (Phi) is 9.08. The second-order valence-electron chi connectivity index (χ2n) is 9.65. The molecule has 6 nitrogen and oxygen atoms in total. The van der Waals surface area contributed by atoms with Crippen molar-refractivity contribution in [1.82, 2.24) is 10.2 Å². The summed E-state index contributed by atoms with van der Waals surface area (Å²) in [7, 11) is 0. The molecule has 2 aliphatic rings. The van der Waals surface area contributed by atoms with Gasteiger partial charge < -0.3 is 15.0 Å². The van der Waals surface area contributed by atoms with Crippen molar-refractivity contribution in [3.63, 3.8) is 0 Å². The standard InChI is InChI=1S/C28H31Cl2FN2O4/c1-2-37-28(36)21-15-24(26(34)32-16-17-8-11-20(31)12-9-17)33(27(35)18-6-4-3-5-7-18)25(21)19-10-13-22(29)23(30)14-19/h8-14,18,21,24-25H,2-7,15-16H2,1H3,(H,32,34). The number of nitrogens with zero attached hydrogens (tertiary/aromatic N) is 1. The summed E-state index contributed by atoms with van der Waals surface area (Å²) in [4.78, 5) is 42.2. The van der Waals surface area contributed by atoms with Gasteiger partial charge in [0, 0.05) is 12.5 Å². The lowest BCUT2D eigenvalue weighted by Gasteiger charge is -2.35. The fourth-order valence-corrected chi connectivity index (χ4v) is 5.73. The number of likely N-dealkylation sites (tertiary alicyclic amines) is 1. The highest BCUT2D eigenvalue weighted by Crippen LogP contribution is 2.45. The van der Waals surface area contributed by atoms with Crippen molar-refractivity contribution in [2.75, 3.05) is 6.61 Å². The summed E-state index contributed by atoms with van der Waals surface area (Å²) >= 11 is 12.5. The van der Waals surface area contributed by atoms with E-state index in [2.05, 4.69) is 5.32 Å². The first-order valence-electron chi connectivity index (χ1n) is 12.8. The molecule has 2 aromatic rings. The van der Waals surface area contributed by atoms with Gasteiger partial charge in [-0.1, -0.05) is 60.7 Å². The first-order chi connectivity index (χ1) is 17.8. The van der Waals surface area contributed by atoms with E-state index in [4.69, 9.17) is 27.9 Å².